The highest BCUT2D eigenvalue weighted by Gasteiger charge is 2.10. The van der Waals surface area contributed by atoms with E-state index in [2.05, 4.69) is 5.32 Å². The Kier molecular flexibility index (Phi) is 3.83. The molecule has 0 radical (unpaired) electrons. The van der Waals surface area contributed by atoms with Gasteiger partial charge in [-0.15, -0.1) is 0 Å². The van der Waals surface area contributed by atoms with Gasteiger partial charge in [-0.05, 0) is 24.6 Å². The first-order valence-corrected chi connectivity index (χ1v) is 4.57. The summed E-state index contributed by atoms with van der Waals surface area (Å²) in [5, 5.41) is 19.9. The number of aliphatic hydroxyl groups excluding tert-OH is 1. The van der Waals surface area contributed by atoms with Crippen LogP contribution in [0.3, 0.4) is 0 Å². The van der Waals surface area contributed by atoms with Crippen molar-refractivity contribution in [2.45, 2.75) is 13.5 Å². The van der Waals surface area contributed by atoms with Crippen molar-refractivity contribution in [1.82, 2.24) is 0 Å². The maximum Gasteiger partial charge on any atom is 0.241 e. The zero-order chi connectivity index (χ0) is 11.3. The van der Waals surface area contributed by atoms with Gasteiger partial charge in [0.2, 0.25) is 5.91 Å². The van der Waals surface area contributed by atoms with Crippen LogP contribution in [0, 0.1) is 17.2 Å². The number of amides is 1. The minimum atomic E-state index is -0.664. The zero-order valence-corrected chi connectivity index (χ0v) is 8.40. The van der Waals surface area contributed by atoms with Gasteiger partial charge in [-0.1, -0.05) is 12.1 Å². The number of benzene rings is 1. The minimum absolute atomic E-state index is 0.0250. The van der Waals surface area contributed by atoms with Gasteiger partial charge in [0.15, 0.2) is 0 Å². The van der Waals surface area contributed by atoms with E-state index in [0.717, 1.165) is 5.56 Å². The summed E-state index contributed by atoms with van der Waals surface area (Å²) in [6.07, 6.45) is 0. The van der Waals surface area contributed by atoms with Crippen molar-refractivity contribution in [3.8, 4) is 6.07 Å². The molecule has 1 amide bonds. The Labute approximate surface area is 88.2 Å². The fourth-order valence-electron chi connectivity index (χ4n) is 1.00. The van der Waals surface area contributed by atoms with E-state index in [1.54, 1.807) is 24.3 Å². The summed E-state index contributed by atoms with van der Waals surface area (Å²) < 4.78 is 0. The van der Waals surface area contributed by atoms with Gasteiger partial charge in [-0.3, -0.25) is 4.79 Å². The standard InChI is InChI=1S/C11H12N2O2/c1-8(6-12)11(15)13-10-4-2-9(7-14)3-5-10/h2-5,8,14H,7H2,1H3,(H,13,15). The molecule has 1 aromatic rings. The van der Waals surface area contributed by atoms with Crippen LogP contribution in [0.15, 0.2) is 24.3 Å². The van der Waals surface area contributed by atoms with E-state index < -0.39 is 5.92 Å². The van der Waals surface area contributed by atoms with Crippen LogP contribution in [0.4, 0.5) is 5.69 Å². The van der Waals surface area contributed by atoms with Gasteiger partial charge in [0, 0.05) is 5.69 Å². The second-order valence-electron chi connectivity index (χ2n) is 3.20. The van der Waals surface area contributed by atoms with Crippen LogP contribution in [-0.2, 0) is 11.4 Å². The van der Waals surface area contributed by atoms with Crippen molar-refractivity contribution in [2.24, 2.45) is 5.92 Å². The lowest BCUT2D eigenvalue weighted by molar-refractivity contribution is -0.117. The third-order valence-electron chi connectivity index (χ3n) is 1.99. The maximum atomic E-state index is 11.3. The summed E-state index contributed by atoms with van der Waals surface area (Å²) in [6.45, 7) is 1.51. The van der Waals surface area contributed by atoms with Gasteiger partial charge in [-0.25, -0.2) is 0 Å². The summed E-state index contributed by atoms with van der Waals surface area (Å²) in [7, 11) is 0. The van der Waals surface area contributed by atoms with Crippen LogP contribution < -0.4 is 5.32 Å². The molecule has 78 valence electrons. The number of rotatable bonds is 3. The van der Waals surface area contributed by atoms with Crippen LogP contribution in [0.2, 0.25) is 0 Å². The van der Waals surface area contributed by atoms with E-state index in [4.69, 9.17) is 10.4 Å². The molecule has 0 aliphatic carbocycles. The minimum Gasteiger partial charge on any atom is -0.392 e. The van der Waals surface area contributed by atoms with Crippen molar-refractivity contribution in [2.75, 3.05) is 5.32 Å². The predicted molar refractivity (Wildman–Crippen MR) is 55.8 cm³/mol. The Bertz CT molecular complexity index is 379. The van der Waals surface area contributed by atoms with Gasteiger partial charge in [-0.2, -0.15) is 5.26 Å². The molecule has 0 saturated carbocycles. The molecule has 0 spiro atoms. The molecule has 0 fully saturated rings. The monoisotopic (exact) mass is 204 g/mol. The molecule has 1 atom stereocenters. The summed E-state index contributed by atoms with van der Waals surface area (Å²) in [5.74, 6) is -0.989. The Morgan fingerprint density at radius 3 is 2.60 bits per heavy atom. The first-order chi connectivity index (χ1) is 7.17. The van der Waals surface area contributed by atoms with Crippen molar-refractivity contribution < 1.29 is 9.90 Å². The third kappa shape index (κ3) is 3.08. The van der Waals surface area contributed by atoms with Gasteiger partial charge in [0.25, 0.3) is 0 Å². The second-order valence-corrected chi connectivity index (χ2v) is 3.20. The topological polar surface area (TPSA) is 73.1 Å². The average molecular weight is 204 g/mol. The molecular formula is C11H12N2O2. The predicted octanol–water partition coefficient (Wildman–Crippen LogP) is 1.28. The molecule has 0 heterocycles. The molecule has 15 heavy (non-hydrogen) atoms. The number of nitrogens with zero attached hydrogens (tertiary/aromatic N) is 1. The lowest BCUT2D eigenvalue weighted by atomic mass is 10.1. The molecule has 0 bridgehead atoms. The van der Waals surface area contributed by atoms with Crippen molar-refractivity contribution in [1.29, 1.82) is 5.26 Å². The molecule has 1 rings (SSSR count). The third-order valence-corrected chi connectivity index (χ3v) is 1.99. The molecule has 4 heteroatoms. The Morgan fingerprint density at radius 1 is 1.53 bits per heavy atom. The summed E-state index contributed by atoms with van der Waals surface area (Å²) in [6, 6.07) is 8.66. The quantitative estimate of drug-likeness (QED) is 0.778. The fourth-order valence-corrected chi connectivity index (χ4v) is 1.00. The Balaban J connectivity index is 2.66. The molecule has 1 unspecified atom stereocenters. The first-order valence-electron chi connectivity index (χ1n) is 4.57. The first kappa shape index (κ1) is 11.2. The van der Waals surface area contributed by atoms with Crippen molar-refractivity contribution in [3.63, 3.8) is 0 Å². The normalized spacial score (nSPS) is 11.5. The number of carbonyl (C=O) groups excluding carboxylic acids is 1. The molecule has 0 aliphatic rings. The highest BCUT2D eigenvalue weighted by Crippen LogP contribution is 2.10. The molecule has 2 N–H and O–H groups in total. The van der Waals surface area contributed by atoms with E-state index in [-0.39, 0.29) is 12.5 Å². The highest BCUT2D eigenvalue weighted by atomic mass is 16.3. The Morgan fingerprint density at radius 2 is 2.13 bits per heavy atom. The number of carbonyl (C=O) groups is 1. The Hall–Kier alpha value is -1.86. The van der Waals surface area contributed by atoms with Gasteiger partial charge < -0.3 is 10.4 Å². The maximum absolute atomic E-state index is 11.3. The summed E-state index contributed by atoms with van der Waals surface area (Å²) >= 11 is 0. The SMILES string of the molecule is CC(C#N)C(=O)Nc1ccc(CO)cc1. The van der Waals surface area contributed by atoms with Crippen LogP contribution in [0.1, 0.15) is 12.5 Å². The van der Waals surface area contributed by atoms with Crippen molar-refractivity contribution >= 4 is 11.6 Å². The van der Waals surface area contributed by atoms with Crippen LogP contribution in [0.25, 0.3) is 0 Å². The van der Waals surface area contributed by atoms with E-state index >= 15 is 0 Å². The van der Waals surface area contributed by atoms with Crippen molar-refractivity contribution in [3.05, 3.63) is 29.8 Å². The van der Waals surface area contributed by atoms with Gasteiger partial charge in [0.1, 0.15) is 5.92 Å². The zero-order valence-electron chi connectivity index (χ0n) is 8.40. The summed E-state index contributed by atoms with van der Waals surface area (Å²) in [4.78, 5) is 11.3. The molecule has 0 saturated heterocycles. The molecule has 4 nitrogen and oxygen atoms in total. The van der Waals surface area contributed by atoms with Crippen LogP contribution in [0.5, 0.6) is 0 Å². The number of aliphatic hydroxyl groups is 1. The lowest BCUT2D eigenvalue weighted by Gasteiger charge is -2.06. The van der Waals surface area contributed by atoms with Crippen LogP contribution in [-0.4, -0.2) is 11.0 Å². The number of anilines is 1. The smallest absolute Gasteiger partial charge is 0.241 e. The lowest BCUT2D eigenvalue weighted by Crippen LogP contribution is -2.18. The molecule has 0 aromatic heterocycles. The number of nitrogens with one attached hydrogen (secondary N) is 1. The number of hydrogen-bond acceptors (Lipinski definition) is 3. The van der Waals surface area contributed by atoms with Crippen LogP contribution >= 0.6 is 0 Å². The number of nitriles is 1. The summed E-state index contributed by atoms with van der Waals surface area (Å²) in [5.41, 5.74) is 1.40. The highest BCUT2D eigenvalue weighted by molar-refractivity contribution is 5.93. The average Bonchev–Trinajstić information content (AvgIpc) is 2.29. The number of hydrogen-bond donors (Lipinski definition) is 2. The fraction of sp³-hybridized carbons (Fsp3) is 0.273. The van der Waals surface area contributed by atoms with E-state index in [0.29, 0.717) is 5.69 Å². The van der Waals surface area contributed by atoms with Gasteiger partial charge >= 0.3 is 0 Å². The molecular weight excluding hydrogens is 192 g/mol. The largest absolute Gasteiger partial charge is 0.392 e. The molecule has 0 aliphatic heterocycles. The molecule has 1 aromatic carbocycles. The second kappa shape index (κ2) is 5.13. The van der Waals surface area contributed by atoms with E-state index in [1.165, 1.54) is 6.92 Å². The van der Waals surface area contributed by atoms with E-state index in [9.17, 15) is 4.79 Å². The van der Waals surface area contributed by atoms with Gasteiger partial charge in [0.05, 0.1) is 12.7 Å². The van der Waals surface area contributed by atoms with E-state index in [1.807, 2.05) is 6.07 Å².